The van der Waals surface area contributed by atoms with Crippen LogP contribution in [-0.4, -0.2) is 6.54 Å². The van der Waals surface area contributed by atoms with Gasteiger partial charge >= 0.3 is 0 Å². The van der Waals surface area contributed by atoms with Gasteiger partial charge in [-0.15, -0.1) is 0 Å². The molecule has 0 saturated heterocycles. The maximum Gasteiger partial charge on any atom is -0.00488 e. The lowest BCUT2D eigenvalue weighted by molar-refractivity contribution is 0.393. The fourth-order valence-corrected chi connectivity index (χ4v) is 1.93. The van der Waals surface area contributed by atoms with Gasteiger partial charge in [-0.1, -0.05) is 32.0 Å². The fraction of sp³-hybridized carbons (Fsp3) is 0.571. The van der Waals surface area contributed by atoms with Crippen molar-refractivity contribution in [1.82, 2.24) is 0 Å². The first-order chi connectivity index (χ1) is 7.06. The fourth-order valence-electron chi connectivity index (χ4n) is 1.93. The molecule has 2 unspecified atom stereocenters. The molecule has 2 N–H and O–H groups in total. The third-order valence-corrected chi connectivity index (χ3v) is 3.51. The molecule has 84 valence electrons. The zero-order valence-corrected chi connectivity index (χ0v) is 10.4. The maximum absolute atomic E-state index is 5.70. The van der Waals surface area contributed by atoms with Gasteiger partial charge in [0.15, 0.2) is 0 Å². The largest absolute Gasteiger partial charge is 0.330 e. The summed E-state index contributed by atoms with van der Waals surface area (Å²) in [5.74, 6) is 1.26. The van der Waals surface area contributed by atoms with Gasteiger partial charge in [0, 0.05) is 0 Å². The molecular weight excluding hydrogens is 182 g/mol. The highest BCUT2D eigenvalue weighted by Gasteiger charge is 2.13. The van der Waals surface area contributed by atoms with E-state index in [0.717, 1.165) is 13.0 Å². The van der Waals surface area contributed by atoms with Crippen molar-refractivity contribution >= 4 is 0 Å². The number of nitrogens with two attached hydrogens (primary N) is 1. The molecule has 0 fully saturated rings. The molecule has 1 aromatic carbocycles. The molecule has 0 aliphatic carbocycles. The molecular formula is C14H23N. The molecule has 2 atom stereocenters. The maximum atomic E-state index is 5.70. The van der Waals surface area contributed by atoms with Crippen LogP contribution in [-0.2, 0) is 6.42 Å². The van der Waals surface area contributed by atoms with Crippen molar-refractivity contribution < 1.29 is 0 Å². The highest BCUT2D eigenvalue weighted by molar-refractivity contribution is 5.33. The molecule has 0 bridgehead atoms. The predicted molar refractivity (Wildman–Crippen MR) is 67.0 cm³/mol. The second kappa shape index (κ2) is 5.32. The Labute approximate surface area is 93.7 Å². The van der Waals surface area contributed by atoms with Gasteiger partial charge in [-0.05, 0) is 55.3 Å². The first-order valence-electron chi connectivity index (χ1n) is 5.81. The average molecular weight is 205 g/mol. The standard InChI is InChI=1S/C14H23N/c1-10-6-5-7-11(2)14(10)8-12(3)13(4)9-15/h5-7,12-13H,8-9,15H2,1-4H3. The Balaban J connectivity index is 2.80. The zero-order chi connectivity index (χ0) is 11.4. The number of aryl methyl sites for hydroxylation is 2. The molecule has 1 rings (SSSR count). The Morgan fingerprint density at radius 3 is 2.07 bits per heavy atom. The normalized spacial score (nSPS) is 15.0. The second-order valence-electron chi connectivity index (χ2n) is 4.76. The van der Waals surface area contributed by atoms with Crippen LogP contribution in [0.2, 0.25) is 0 Å². The molecule has 1 nitrogen and oxygen atoms in total. The molecule has 0 aromatic heterocycles. The number of hydrogen-bond acceptors (Lipinski definition) is 1. The van der Waals surface area contributed by atoms with Crippen LogP contribution in [0, 0.1) is 25.7 Å². The van der Waals surface area contributed by atoms with Crippen LogP contribution in [0.25, 0.3) is 0 Å². The van der Waals surface area contributed by atoms with E-state index in [2.05, 4.69) is 45.9 Å². The minimum absolute atomic E-state index is 0.601. The molecule has 15 heavy (non-hydrogen) atoms. The van der Waals surface area contributed by atoms with Crippen LogP contribution < -0.4 is 5.73 Å². The van der Waals surface area contributed by atoms with Crippen LogP contribution in [0.4, 0.5) is 0 Å². The van der Waals surface area contributed by atoms with Gasteiger partial charge < -0.3 is 5.73 Å². The topological polar surface area (TPSA) is 26.0 Å². The van der Waals surface area contributed by atoms with Gasteiger partial charge in [0.25, 0.3) is 0 Å². The molecule has 0 aliphatic rings. The number of hydrogen-bond donors (Lipinski definition) is 1. The summed E-state index contributed by atoms with van der Waals surface area (Å²) in [5, 5.41) is 0. The van der Waals surface area contributed by atoms with Crippen LogP contribution in [0.3, 0.4) is 0 Å². The molecule has 0 spiro atoms. The molecule has 0 radical (unpaired) electrons. The summed E-state index contributed by atoms with van der Waals surface area (Å²) in [6.07, 6.45) is 1.15. The van der Waals surface area contributed by atoms with Gasteiger partial charge in [0.1, 0.15) is 0 Å². The highest BCUT2D eigenvalue weighted by atomic mass is 14.5. The summed E-state index contributed by atoms with van der Waals surface area (Å²) < 4.78 is 0. The highest BCUT2D eigenvalue weighted by Crippen LogP contribution is 2.21. The summed E-state index contributed by atoms with van der Waals surface area (Å²) in [4.78, 5) is 0. The van der Waals surface area contributed by atoms with Crippen LogP contribution in [0.1, 0.15) is 30.5 Å². The zero-order valence-electron chi connectivity index (χ0n) is 10.4. The van der Waals surface area contributed by atoms with E-state index in [9.17, 15) is 0 Å². The summed E-state index contributed by atoms with van der Waals surface area (Å²) in [5.41, 5.74) is 10.0. The van der Waals surface area contributed by atoms with Crippen molar-refractivity contribution in [3.8, 4) is 0 Å². The van der Waals surface area contributed by atoms with E-state index in [4.69, 9.17) is 5.73 Å². The Hall–Kier alpha value is -0.820. The average Bonchev–Trinajstić information content (AvgIpc) is 2.22. The molecule has 0 saturated carbocycles. The van der Waals surface area contributed by atoms with Crippen LogP contribution in [0.15, 0.2) is 18.2 Å². The summed E-state index contributed by atoms with van der Waals surface area (Å²) >= 11 is 0. The van der Waals surface area contributed by atoms with Gasteiger partial charge in [-0.2, -0.15) is 0 Å². The Kier molecular flexibility index (Phi) is 4.34. The predicted octanol–water partition coefficient (Wildman–Crippen LogP) is 3.08. The van der Waals surface area contributed by atoms with Crippen molar-refractivity contribution in [1.29, 1.82) is 0 Å². The first-order valence-corrected chi connectivity index (χ1v) is 5.81. The van der Waals surface area contributed by atoms with Crippen LogP contribution >= 0.6 is 0 Å². The molecule has 1 heteroatoms. The quantitative estimate of drug-likeness (QED) is 0.803. The third kappa shape index (κ3) is 3.07. The lowest BCUT2D eigenvalue weighted by Crippen LogP contribution is -2.20. The van der Waals surface area contributed by atoms with E-state index < -0.39 is 0 Å². The van der Waals surface area contributed by atoms with Crippen molar-refractivity contribution in [2.24, 2.45) is 17.6 Å². The molecule has 0 heterocycles. The summed E-state index contributed by atoms with van der Waals surface area (Å²) in [6.45, 7) is 9.71. The van der Waals surface area contributed by atoms with E-state index in [1.54, 1.807) is 0 Å². The minimum Gasteiger partial charge on any atom is -0.330 e. The van der Waals surface area contributed by atoms with E-state index in [1.807, 2.05) is 0 Å². The van der Waals surface area contributed by atoms with E-state index >= 15 is 0 Å². The molecule has 1 aromatic rings. The van der Waals surface area contributed by atoms with E-state index in [-0.39, 0.29) is 0 Å². The lowest BCUT2D eigenvalue weighted by atomic mass is 9.86. The van der Waals surface area contributed by atoms with Gasteiger partial charge in [-0.3, -0.25) is 0 Å². The number of benzene rings is 1. The minimum atomic E-state index is 0.601. The summed E-state index contributed by atoms with van der Waals surface area (Å²) in [7, 11) is 0. The molecule has 0 aliphatic heterocycles. The molecule has 0 amide bonds. The third-order valence-electron chi connectivity index (χ3n) is 3.51. The van der Waals surface area contributed by atoms with E-state index in [0.29, 0.717) is 11.8 Å². The van der Waals surface area contributed by atoms with Crippen LogP contribution in [0.5, 0.6) is 0 Å². The second-order valence-corrected chi connectivity index (χ2v) is 4.76. The smallest absolute Gasteiger partial charge is 0.00488 e. The van der Waals surface area contributed by atoms with Crippen molar-refractivity contribution in [3.63, 3.8) is 0 Å². The van der Waals surface area contributed by atoms with Gasteiger partial charge in [0.2, 0.25) is 0 Å². The number of rotatable bonds is 4. The first kappa shape index (κ1) is 12.3. The SMILES string of the molecule is Cc1cccc(C)c1CC(C)C(C)CN. The Morgan fingerprint density at radius 1 is 1.07 bits per heavy atom. The van der Waals surface area contributed by atoms with E-state index in [1.165, 1.54) is 16.7 Å². The van der Waals surface area contributed by atoms with Gasteiger partial charge in [-0.25, -0.2) is 0 Å². The van der Waals surface area contributed by atoms with Gasteiger partial charge in [0.05, 0.1) is 0 Å². The van der Waals surface area contributed by atoms with Crippen molar-refractivity contribution in [2.75, 3.05) is 6.54 Å². The lowest BCUT2D eigenvalue weighted by Gasteiger charge is -2.20. The summed E-state index contributed by atoms with van der Waals surface area (Å²) in [6, 6.07) is 6.52. The monoisotopic (exact) mass is 205 g/mol. The van der Waals surface area contributed by atoms with Crippen molar-refractivity contribution in [2.45, 2.75) is 34.1 Å². The Morgan fingerprint density at radius 2 is 1.60 bits per heavy atom. The van der Waals surface area contributed by atoms with Crippen molar-refractivity contribution in [3.05, 3.63) is 34.9 Å². The Bertz CT molecular complexity index is 297.